The maximum atomic E-state index is 12.0. The molecule has 19 heavy (non-hydrogen) atoms. The van der Waals surface area contributed by atoms with Crippen molar-refractivity contribution in [2.75, 3.05) is 0 Å². The fourth-order valence-electron chi connectivity index (χ4n) is 3.95. The highest BCUT2D eigenvalue weighted by Crippen LogP contribution is 2.51. The largest absolute Gasteiger partial charge is 0.458 e. The molecular formula is C15H18O4. The van der Waals surface area contributed by atoms with Crippen LogP contribution in [0.25, 0.3) is 0 Å². The van der Waals surface area contributed by atoms with Gasteiger partial charge in [-0.15, -0.1) is 0 Å². The number of aliphatic hydroxyl groups excluding tert-OH is 1. The summed E-state index contributed by atoms with van der Waals surface area (Å²) >= 11 is 0. The van der Waals surface area contributed by atoms with Crippen molar-refractivity contribution in [2.24, 2.45) is 23.7 Å². The molecule has 0 amide bonds. The number of Topliss-reactive ketones (excluding diaryl/α,β-unsaturated/α-hetero) is 1. The van der Waals surface area contributed by atoms with Crippen LogP contribution in [0.1, 0.15) is 19.8 Å². The number of carbonyl (C=O) groups is 2. The third kappa shape index (κ3) is 1.62. The topological polar surface area (TPSA) is 63.6 Å². The van der Waals surface area contributed by atoms with Crippen LogP contribution in [0.4, 0.5) is 0 Å². The number of fused-ring (bicyclic) bond motifs is 3. The van der Waals surface area contributed by atoms with Crippen LogP contribution in [0, 0.1) is 23.7 Å². The van der Waals surface area contributed by atoms with Gasteiger partial charge in [0.15, 0.2) is 0 Å². The van der Waals surface area contributed by atoms with Crippen molar-refractivity contribution in [2.45, 2.75) is 32.0 Å². The second-order valence-electron chi connectivity index (χ2n) is 5.99. The fourth-order valence-corrected chi connectivity index (χ4v) is 3.95. The predicted octanol–water partition coefficient (Wildman–Crippen LogP) is 1.25. The first kappa shape index (κ1) is 12.6. The van der Waals surface area contributed by atoms with Crippen LogP contribution in [0.3, 0.4) is 0 Å². The molecule has 0 radical (unpaired) electrons. The van der Waals surface area contributed by atoms with Crippen molar-refractivity contribution in [1.82, 2.24) is 0 Å². The van der Waals surface area contributed by atoms with Gasteiger partial charge in [0.1, 0.15) is 11.9 Å². The Morgan fingerprint density at radius 2 is 1.95 bits per heavy atom. The SMILES string of the molecule is C=C1C(=O)O[C@@H]2[C@@H]1[C@H](O)CC(=C)[C@@H]1CC(=O)[C@@H](C)[C@H]21. The Morgan fingerprint density at radius 1 is 1.26 bits per heavy atom. The molecule has 1 heterocycles. The minimum atomic E-state index is -0.690. The Morgan fingerprint density at radius 3 is 2.63 bits per heavy atom. The average Bonchev–Trinajstić information content (AvgIpc) is 2.75. The smallest absolute Gasteiger partial charge is 0.334 e. The van der Waals surface area contributed by atoms with Gasteiger partial charge in [0.25, 0.3) is 0 Å². The summed E-state index contributed by atoms with van der Waals surface area (Å²) in [7, 11) is 0. The Balaban J connectivity index is 2.05. The van der Waals surface area contributed by atoms with E-state index in [4.69, 9.17) is 4.74 Å². The van der Waals surface area contributed by atoms with E-state index in [9.17, 15) is 14.7 Å². The summed E-state index contributed by atoms with van der Waals surface area (Å²) in [6.45, 7) is 9.65. The lowest BCUT2D eigenvalue weighted by Crippen LogP contribution is -2.35. The Kier molecular flexibility index (Phi) is 2.68. The van der Waals surface area contributed by atoms with Gasteiger partial charge in [-0.1, -0.05) is 25.7 Å². The lowest BCUT2D eigenvalue weighted by Gasteiger charge is -2.28. The lowest BCUT2D eigenvalue weighted by molar-refractivity contribution is -0.143. The second kappa shape index (κ2) is 4.04. The summed E-state index contributed by atoms with van der Waals surface area (Å²) in [5.41, 5.74) is 1.23. The van der Waals surface area contributed by atoms with E-state index in [1.54, 1.807) is 0 Å². The fraction of sp³-hybridized carbons (Fsp3) is 0.600. The minimum absolute atomic E-state index is 0.0193. The molecule has 1 aliphatic heterocycles. The highest BCUT2D eigenvalue weighted by atomic mass is 16.6. The lowest BCUT2D eigenvalue weighted by atomic mass is 9.79. The number of aliphatic hydroxyl groups is 1. The number of rotatable bonds is 0. The molecule has 1 N–H and O–H groups in total. The predicted molar refractivity (Wildman–Crippen MR) is 68.0 cm³/mol. The average molecular weight is 262 g/mol. The van der Waals surface area contributed by atoms with Crippen molar-refractivity contribution in [3.63, 3.8) is 0 Å². The molecule has 0 aromatic heterocycles. The second-order valence-corrected chi connectivity index (χ2v) is 5.99. The van der Waals surface area contributed by atoms with Crippen molar-refractivity contribution < 1.29 is 19.4 Å². The number of carbonyl (C=O) groups excluding carboxylic acids is 2. The Bertz CT molecular complexity index is 492. The van der Waals surface area contributed by atoms with Gasteiger partial charge in [0.05, 0.1) is 12.0 Å². The van der Waals surface area contributed by atoms with E-state index < -0.39 is 24.1 Å². The first-order chi connectivity index (χ1) is 8.91. The summed E-state index contributed by atoms with van der Waals surface area (Å²) in [6, 6.07) is 0. The van der Waals surface area contributed by atoms with Crippen LogP contribution in [-0.2, 0) is 14.3 Å². The van der Waals surface area contributed by atoms with Crippen LogP contribution in [0.5, 0.6) is 0 Å². The molecule has 0 unspecified atom stereocenters. The standard InChI is InChI=1S/C15H18O4/c1-6-4-11(17)13-8(3)15(18)19-14(13)12-7(2)10(16)5-9(6)12/h7,9,11-14,17H,1,3-5H2,2H3/t7-,9+,11-,12+,13+,14+/m1/s1. The summed E-state index contributed by atoms with van der Waals surface area (Å²) in [5, 5.41) is 10.3. The third-order valence-electron chi connectivity index (χ3n) is 5.02. The molecule has 6 atom stereocenters. The molecule has 102 valence electrons. The van der Waals surface area contributed by atoms with E-state index in [0.29, 0.717) is 18.4 Å². The van der Waals surface area contributed by atoms with E-state index in [-0.39, 0.29) is 23.5 Å². The normalized spacial score (nSPS) is 45.8. The van der Waals surface area contributed by atoms with E-state index in [1.165, 1.54) is 0 Å². The molecule has 1 saturated heterocycles. The Hall–Kier alpha value is -1.42. The highest BCUT2D eigenvalue weighted by molar-refractivity contribution is 5.91. The molecule has 4 heteroatoms. The summed E-state index contributed by atoms with van der Waals surface area (Å²) in [6.07, 6.45) is -0.257. The van der Waals surface area contributed by atoms with Crippen molar-refractivity contribution >= 4 is 11.8 Å². The van der Waals surface area contributed by atoms with Gasteiger partial charge >= 0.3 is 5.97 Å². The molecule has 3 aliphatic rings. The minimum Gasteiger partial charge on any atom is -0.458 e. The molecule has 0 aromatic carbocycles. The maximum Gasteiger partial charge on any atom is 0.334 e. The molecule has 0 spiro atoms. The van der Waals surface area contributed by atoms with Gasteiger partial charge in [-0.3, -0.25) is 4.79 Å². The van der Waals surface area contributed by atoms with Crippen LogP contribution in [-0.4, -0.2) is 29.1 Å². The van der Waals surface area contributed by atoms with E-state index in [1.807, 2.05) is 6.92 Å². The summed E-state index contributed by atoms with van der Waals surface area (Å²) in [4.78, 5) is 23.7. The number of ether oxygens (including phenoxy) is 1. The zero-order chi connectivity index (χ0) is 13.9. The number of hydrogen-bond donors (Lipinski definition) is 1. The van der Waals surface area contributed by atoms with Crippen molar-refractivity contribution in [3.8, 4) is 0 Å². The molecule has 0 aromatic rings. The van der Waals surface area contributed by atoms with Crippen LogP contribution < -0.4 is 0 Å². The van der Waals surface area contributed by atoms with Crippen LogP contribution in [0.2, 0.25) is 0 Å². The van der Waals surface area contributed by atoms with Crippen LogP contribution in [0.15, 0.2) is 24.3 Å². The first-order valence-electron chi connectivity index (χ1n) is 6.70. The van der Waals surface area contributed by atoms with Crippen molar-refractivity contribution in [3.05, 3.63) is 24.3 Å². The Labute approximate surface area is 112 Å². The monoisotopic (exact) mass is 262 g/mol. The summed E-state index contributed by atoms with van der Waals surface area (Å²) in [5.74, 6) is -0.839. The molecule has 4 nitrogen and oxygen atoms in total. The third-order valence-corrected chi connectivity index (χ3v) is 5.02. The zero-order valence-corrected chi connectivity index (χ0v) is 11.0. The molecule has 2 saturated carbocycles. The van der Waals surface area contributed by atoms with Gasteiger partial charge in [0.2, 0.25) is 0 Å². The summed E-state index contributed by atoms with van der Waals surface area (Å²) < 4.78 is 5.42. The molecule has 3 fully saturated rings. The van der Waals surface area contributed by atoms with E-state index >= 15 is 0 Å². The van der Waals surface area contributed by atoms with Gasteiger partial charge in [-0.25, -0.2) is 4.79 Å². The molecule has 3 rings (SSSR count). The highest BCUT2D eigenvalue weighted by Gasteiger charge is 2.56. The number of ketones is 1. The quantitative estimate of drug-likeness (QED) is 0.405. The van der Waals surface area contributed by atoms with Gasteiger partial charge in [-0.2, -0.15) is 0 Å². The number of hydrogen-bond acceptors (Lipinski definition) is 4. The molecule has 0 bridgehead atoms. The zero-order valence-electron chi connectivity index (χ0n) is 11.0. The molecule has 2 aliphatic carbocycles. The van der Waals surface area contributed by atoms with E-state index in [0.717, 1.165) is 5.57 Å². The first-order valence-corrected chi connectivity index (χ1v) is 6.70. The van der Waals surface area contributed by atoms with Gasteiger partial charge < -0.3 is 9.84 Å². The maximum absolute atomic E-state index is 12.0. The van der Waals surface area contributed by atoms with Crippen LogP contribution >= 0.6 is 0 Å². The van der Waals surface area contributed by atoms with Crippen molar-refractivity contribution in [1.29, 1.82) is 0 Å². The number of esters is 1. The van der Waals surface area contributed by atoms with Gasteiger partial charge in [0, 0.05) is 23.8 Å². The molecular weight excluding hydrogens is 244 g/mol. The van der Waals surface area contributed by atoms with Gasteiger partial charge in [-0.05, 0) is 12.3 Å². The van der Waals surface area contributed by atoms with E-state index in [2.05, 4.69) is 13.2 Å².